The monoisotopic (exact) mass is 269 g/mol. The maximum absolute atomic E-state index is 11.0. The number of nitrogens with zero attached hydrogens (tertiary/aromatic N) is 3. The Morgan fingerprint density at radius 2 is 2.05 bits per heavy atom. The molecule has 4 N–H and O–H groups in total. The predicted molar refractivity (Wildman–Crippen MR) is 78.0 cm³/mol. The maximum Gasteiger partial charge on any atom is 0.219 e. The SMILES string of the molecule is Cc1nc2c(N)nc3ccccc3c2n1CCC(N)=O. The highest BCUT2D eigenvalue weighted by molar-refractivity contribution is 6.06. The summed E-state index contributed by atoms with van der Waals surface area (Å²) in [7, 11) is 0. The number of nitrogens with two attached hydrogens (primary N) is 2. The van der Waals surface area contributed by atoms with E-state index in [4.69, 9.17) is 11.5 Å². The zero-order chi connectivity index (χ0) is 14.3. The molecule has 6 nitrogen and oxygen atoms in total. The highest BCUT2D eigenvalue weighted by Crippen LogP contribution is 2.28. The lowest BCUT2D eigenvalue weighted by Crippen LogP contribution is -2.14. The van der Waals surface area contributed by atoms with E-state index in [0.29, 0.717) is 17.9 Å². The summed E-state index contributed by atoms with van der Waals surface area (Å²) in [4.78, 5) is 19.9. The average Bonchev–Trinajstić information content (AvgIpc) is 2.74. The highest BCUT2D eigenvalue weighted by atomic mass is 16.1. The summed E-state index contributed by atoms with van der Waals surface area (Å²) in [5, 5.41) is 0.974. The van der Waals surface area contributed by atoms with Gasteiger partial charge in [0.2, 0.25) is 5.91 Å². The van der Waals surface area contributed by atoms with Gasteiger partial charge in [-0.1, -0.05) is 18.2 Å². The van der Waals surface area contributed by atoms with Crippen LogP contribution in [0.25, 0.3) is 21.9 Å². The minimum Gasteiger partial charge on any atom is -0.382 e. The number of carbonyl (C=O) groups excluding carboxylic acids is 1. The van der Waals surface area contributed by atoms with Crippen LogP contribution in [0.1, 0.15) is 12.2 Å². The molecule has 0 fully saturated rings. The standard InChI is InChI=1S/C14H15N5O/c1-8-17-12-13(19(8)7-6-11(15)20)9-4-2-3-5-10(9)18-14(12)16/h2-5H,6-7H2,1H3,(H2,15,20)(H2,16,18). The fraction of sp³-hybridized carbons (Fsp3) is 0.214. The molecule has 0 aliphatic rings. The Hall–Kier alpha value is -2.63. The van der Waals surface area contributed by atoms with Gasteiger partial charge in [-0.05, 0) is 13.0 Å². The molecule has 0 saturated carbocycles. The quantitative estimate of drug-likeness (QED) is 0.749. The second kappa shape index (κ2) is 4.48. The summed E-state index contributed by atoms with van der Waals surface area (Å²) < 4.78 is 1.97. The topological polar surface area (TPSA) is 99.8 Å². The second-order valence-electron chi connectivity index (χ2n) is 4.74. The van der Waals surface area contributed by atoms with E-state index < -0.39 is 0 Å². The van der Waals surface area contributed by atoms with Crippen molar-refractivity contribution in [3.8, 4) is 0 Å². The lowest BCUT2D eigenvalue weighted by atomic mass is 10.2. The van der Waals surface area contributed by atoms with Crippen LogP contribution >= 0.6 is 0 Å². The van der Waals surface area contributed by atoms with Crippen molar-refractivity contribution in [3.05, 3.63) is 30.1 Å². The third-order valence-electron chi connectivity index (χ3n) is 3.38. The van der Waals surface area contributed by atoms with E-state index in [9.17, 15) is 4.79 Å². The fourth-order valence-electron chi connectivity index (χ4n) is 2.47. The molecule has 0 atom stereocenters. The van der Waals surface area contributed by atoms with E-state index in [0.717, 1.165) is 22.2 Å². The largest absolute Gasteiger partial charge is 0.382 e. The first kappa shape index (κ1) is 12.4. The van der Waals surface area contributed by atoms with Crippen molar-refractivity contribution in [2.24, 2.45) is 5.73 Å². The van der Waals surface area contributed by atoms with Gasteiger partial charge in [-0.3, -0.25) is 4.79 Å². The molecule has 1 aromatic carbocycles. The summed E-state index contributed by atoms with van der Waals surface area (Å²) in [6, 6.07) is 7.75. The minimum absolute atomic E-state index is 0.267. The third kappa shape index (κ3) is 1.85. The number of hydrogen-bond acceptors (Lipinski definition) is 4. The van der Waals surface area contributed by atoms with Crippen LogP contribution in [0.4, 0.5) is 5.82 Å². The number of pyridine rings is 1. The molecule has 102 valence electrons. The molecule has 0 aliphatic carbocycles. The molecule has 0 aliphatic heterocycles. The van der Waals surface area contributed by atoms with E-state index in [-0.39, 0.29) is 12.3 Å². The summed E-state index contributed by atoms with van der Waals surface area (Å²) in [6.07, 6.45) is 0.267. The molecule has 0 saturated heterocycles. The van der Waals surface area contributed by atoms with E-state index in [1.54, 1.807) is 0 Å². The molecule has 3 rings (SSSR count). The Labute approximate surface area is 115 Å². The number of aryl methyl sites for hydroxylation is 2. The molecule has 2 heterocycles. The minimum atomic E-state index is -0.336. The molecule has 1 amide bonds. The van der Waals surface area contributed by atoms with Crippen molar-refractivity contribution in [2.45, 2.75) is 19.9 Å². The number of primary amides is 1. The van der Waals surface area contributed by atoms with Crippen LogP contribution in [0.15, 0.2) is 24.3 Å². The molecule has 0 spiro atoms. The van der Waals surface area contributed by atoms with Crippen LogP contribution in [0.3, 0.4) is 0 Å². The number of fused-ring (bicyclic) bond motifs is 3. The molecular weight excluding hydrogens is 254 g/mol. The number of aromatic nitrogens is 3. The van der Waals surface area contributed by atoms with E-state index in [1.165, 1.54) is 0 Å². The molecule has 0 unspecified atom stereocenters. The van der Waals surface area contributed by atoms with E-state index in [1.807, 2.05) is 35.8 Å². The Bertz CT molecular complexity index is 821. The first-order valence-electron chi connectivity index (χ1n) is 6.37. The third-order valence-corrected chi connectivity index (χ3v) is 3.38. The Kier molecular flexibility index (Phi) is 2.78. The molecular formula is C14H15N5O. The van der Waals surface area contributed by atoms with E-state index in [2.05, 4.69) is 9.97 Å². The molecule has 20 heavy (non-hydrogen) atoms. The van der Waals surface area contributed by atoms with Crippen LogP contribution in [-0.2, 0) is 11.3 Å². The zero-order valence-corrected chi connectivity index (χ0v) is 11.1. The van der Waals surface area contributed by atoms with Crippen molar-refractivity contribution in [3.63, 3.8) is 0 Å². The summed E-state index contributed by atoms with van der Waals surface area (Å²) in [5.74, 6) is 0.864. The van der Waals surface area contributed by atoms with Crippen LogP contribution in [-0.4, -0.2) is 20.4 Å². The number of para-hydroxylation sites is 1. The van der Waals surface area contributed by atoms with E-state index >= 15 is 0 Å². The lowest BCUT2D eigenvalue weighted by molar-refractivity contribution is -0.118. The molecule has 0 radical (unpaired) electrons. The summed E-state index contributed by atoms with van der Waals surface area (Å²) >= 11 is 0. The molecule has 2 aromatic heterocycles. The maximum atomic E-state index is 11.0. The Morgan fingerprint density at radius 1 is 1.30 bits per heavy atom. The van der Waals surface area contributed by atoms with Crippen LogP contribution in [0, 0.1) is 6.92 Å². The second-order valence-corrected chi connectivity index (χ2v) is 4.74. The average molecular weight is 269 g/mol. The number of nitrogen functional groups attached to an aromatic ring is 1. The number of amides is 1. The number of benzene rings is 1. The first-order chi connectivity index (χ1) is 9.58. The van der Waals surface area contributed by atoms with Crippen molar-refractivity contribution in [2.75, 3.05) is 5.73 Å². The van der Waals surface area contributed by atoms with Gasteiger partial charge in [0.1, 0.15) is 11.3 Å². The molecule has 3 aromatic rings. The fourth-order valence-corrected chi connectivity index (χ4v) is 2.47. The highest BCUT2D eigenvalue weighted by Gasteiger charge is 2.15. The Balaban J connectivity index is 2.33. The predicted octanol–water partition coefficient (Wildman–Crippen LogP) is 1.35. The van der Waals surface area contributed by atoms with Gasteiger partial charge in [0, 0.05) is 18.4 Å². The molecule has 0 bridgehead atoms. The number of carbonyl (C=O) groups is 1. The zero-order valence-electron chi connectivity index (χ0n) is 11.1. The van der Waals surface area contributed by atoms with Gasteiger partial charge in [-0.25, -0.2) is 9.97 Å². The van der Waals surface area contributed by atoms with Gasteiger partial charge >= 0.3 is 0 Å². The number of anilines is 1. The summed E-state index contributed by atoms with van der Waals surface area (Å²) in [5.41, 5.74) is 13.6. The van der Waals surface area contributed by atoms with Crippen LogP contribution < -0.4 is 11.5 Å². The van der Waals surface area contributed by atoms with Crippen molar-refractivity contribution in [1.29, 1.82) is 0 Å². The van der Waals surface area contributed by atoms with Gasteiger partial charge in [0.05, 0.1) is 11.0 Å². The normalized spacial score (nSPS) is 11.2. The van der Waals surface area contributed by atoms with Crippen molar-refractivity contribution in [1.82, 2.24) is 14.5 Å². The van der Waals surface area contributed by atoms with Gasteiger partial charge in [0.25, 0.3) is 0 Å². The van der Waals surface area contributed by atoms with Gasteiger partial charge in [-0.15, -0.1) is 0 Å². The van der Waals surface area contributed by atoms with Gasteiger partial charge in [-0.2, -0.15) is 0 Å². The van der Waals surface area contributed by atoms with Crippen LogP contribution in [0.5, 0.6) is 0 Å². The van der Waals surface area contributed by atoms with Crippen molar-refractivity contribution < 1.29 is 4.79 Å². The first-order valence-corrected chi connectivity index (χ1v) is 6.37. The lowest BCUT2D eigenvalue weighted by Gasteiger charge is -2.08. The Morgan fingerprint density at radius 3 is 2.80 bits per heavy atom. The summed E-state index contributed by atoms with van der Waals surface area (Å²) in [6.45, 7) is 2.38. The van der Waals surface area contributed by atoms with Crippen LogP contribution in [0.2, 0.25) is 0 Å². The van der Waals surface area contributed by atoms with Crippen molar-refractivity contribution >= 4 is 33.7 Å². The molecule has 6 heteroatoms. The number of hydrogen-bond donors (Lipinski definition) is 2. The van der Waals surface area contributed by atoms with Gasteiger partial charge in [0.15, 0.2) is 5.82 Å². The smallest absolute Gasteiger partial charge is 0.219 e. The number of rotatable bonds is 3. The van der Waals surface area contributed by atoms with Gasteiger partial charge < -0.3 is 16.0 Å². The number of imidazole rings is 1.